The summed E-state index contributed by atoms with van der Waals surface area (Å²) in [5, 5.41) is 14.8. The van der Waals surface area contributed by atoms with Crippen LogP contribution in [0.1, 0.15) is 10.4 Å². The van der Waals surface area contributed by atoms with Gasteiger partial charge in [0.15, 0.2) is 0 Å². The minimum absolute atomic E-state index is 0.133. The monoisotopic (exact) mass is 323 g/mol. The number of nitrogens with zero attached hydrogens (tertiary/aromatic N) is 2. The molecule has 1 N–H and O–H groups in total. The molecule has 1 amide bonds. The number of carbonyl (C=O) groups excluding carboxylic acids is 1. The molecule has 0 aliphatic rings. The van der Waals surface area contributed by atoms with Gasteiger partial charge in [-0.2, -0.15) is 5.10 Å². The van der Waals surface area contributed by atoms with E-state index in [1.807, 2.05) is 0 Å². The highest BCUT2D eigenvalue weighted by Crippen LogP contribution is 2.11. The van der Waals surface area contributed by atoms with Crippen molar-refractivity contribution < 1.29 is 9.72 Å². The van der Waals surface area contributed by atoms with Gasteiger partial charge in [0.25, 0.3) is 17.0 Å². The Balaban J connectivity index is 1.95. The second-order valence-corrected chi connectivity index (χ2v) is 4.91. The van der Waals surface area contributed by atoms with E-state index >= 15 is 0 Å². The van der Waals surface area contributed by atoms with Crippen LogP contribution in [0.3, 0.4) is 0 Å². The fourth-order valence-electron chi connectivity index (χ4n) is 2.26. The van der Waals surface area contributed by atoms with Crippen molar-refractivity contribution in [3.63, 3.8) is 0 Å². The lowest BCUT2D eigenvalue weighted by molar-refractivity contribution is -0.384. The van der Waals surface area contributed by atoms with E-state index in [0.717, 1.165) is 0 Å². The van der Waals surface area contributed by atoms with Crippen LogP contribution in [0.2, 0.25) is 0 Å². The minimum Gasteiger partial charge on any atom is -0.285 e. The highest BCUT2D eigenvalue weighted by molar-refractivity contribution is 5.94. The van der Waals surface area contributed by atoms with Gasteiger partial charge in [0, 0.05) is 28.5 Å². The number of nitrogens with one attached hydrogen (secondary N) is 1. The van der Waals surface area contributed by atoms with Crippen molar-refractivity contribution in [3.8, 4) is 0 Å². The molecule has 0 saturated heterocycles. The number of nitro groups is 1. The van der Waals surface area contributed by atoms with Gasteiger partial charge in [-0.3, -0.25) is 24.5 Å². The molecule has 0 radical (unpaired) electrons. The summed E-state index contributed by atoms with van der Waals surface area (Å²) in [6.45, 7) is 0. The zero-order valence-corrected chi connectivity index (χ0v) is 12.1. The second-order valence-electron chi connectivity index (χ2n) is 4.91. The number of non-ortho nitro benzene ring substituents is 1. The number of amides is 1. The largest absolute Gasteiger partial charge is 0.285 e. The summed E-state index contributed by atoms with van der Waals surface area (Å²) in [7, 11) is 0. The third-order valence-corrected chi connectivity index (χ3v) is 3.46. The molecular formula is C16H9N3O5. The fraction of sp³-hybridized carbons (Fsp3) is 0. The van der Waals surface area contributed by atoms with Crippen molar-refractivity contribution in [1.29, 1.82) is 0 Å². The molecule has 0 spiro atoms. The number of fused-ring (bicyclic) bond motifs is 1. The Morgan fingerprint density at radius 3 is 2.21 bits per heavy atom. The Hall–Kier alpha value is -3.68. The lowest BCUT2D eigenvalue weighted by Crippen LogP contribution is -2.33. The van der Waals surface area contributed by atoms with Crippen molar-refractivity contribution in [2.45, 2.75) is 0 Å². The summed E-state index contributed by atoms with van der Waals surface area (Å²) < 4.78 is 0. The molecule has 0 aromatic heterocycles. The van der Waals surface area contributed by atoms with Crippen molar-refractivity contribution in [3.05, 3.63) is 90.0 Å². The average molecular weight is 323 g/mol. The number of hydrogen-bond donors (Lipinski definition) is 1. The first-order valence-electron chi connectivity index (χ1n) is 6.80. The SMILES string of the molecule is O=C(N/N=c1\c(=O)c(=O)c2ccccc12)c1ccc([N+](=O)[O-])cc1. The van der Waals surface area contributed by atoms with Gasteiger partial charge in [-0.15, -0.1) is 0 Å². The van der Waals surface area contributed by atoms with Gasteiger partial charge >= 0.3 is 0 Å². The van der Waals surface area contributed by atoms with E-state index in [2.05, 4.69) is 10.5 Å². The molecule has 0 saturated carbocycles. The van der Waals surface area contributed by atoms with E-state index in [0.29, 0.717) is 5.39 Å². The molecule has 8 heteroatoms. The maximum atomic E-state index is 12.0. The van der Waals surface area contributed by atoms with Gasteiger partial charge in [0.2, 0.25) is 5.43 Å². The van der Waals surface area contributed by atoms with Crippen LogP contribution in [-0.2, 0) is 0 Å². The van der Waals surface area contributed by atoms with Crippen molar-refractivity contribution >= 4 is 22.4 Å². The first-order chi connectivity index (χ1) is 11.5. The standard InChI is InChI=1S/C16H9N3O5/c20-14-12-4-2-1-3-11(12)13(15(14)21)17-18-16(22)9-5-7-10(8-6-9)19(23)24/h1-8H,(H,18,22)/b17-13-. The third kappa shape index (κ3) is 2.56. The summed E-state index contributed by atoms with van der Waals surface area (Å²) in [5.74, 6) is -0.651. The van der Waals surface area contributed by atoms with E-state index in [1.165, 1.54) is 30.3 Å². The van der Waals surface area contributed by atoms with E-state index in [1.54, 1.807) is 18.2 Å². The van der Waals surface area contributed by atoms with E-state index in [4.69, 9.17) is 0 Å². The highest BCUT2D eigenvalue weighted by Gasteiger charge is 2.12. The van der Waals surface area contributed by atoms with Crippen LogP contribution < -0.4 is 21.6 Å². The quantitative estimate of drug-likeness (QED) is 0.430. The van der Waals surface area contributed by atoms with Crippen molar-refractivity contribution in [1.82, 2.24) is 5.43 Å². The molecule has 3 rings (SSSR count). The molecule has 24 heavy (non-hydrogen) atoms. The van der Waals surface area contributed by atoms with E-state index in [-0.39, 0.29) is 22.0 Å². The average Bonchev–Trinajstić information content (AvgIpc) is 2.84. The summed E-state index contributed by atoms with van der Waals surface area (Å²) >= 11 is 0. The molecule has 0 unspecified atom stereocenters. The minimum atomic E-state index is -0.791. The molecule has 0 fully saturated rings. The second kappa shape index (κ2) is 5.84. The van der Waals surface area contributed by atoms with Crippen LogP contribution in [0.5, 0.6) is 0 Å². The van der Waals surface area contributed by atoms with Gasteiger partial charge < -0.3 is 0 Å². The molecule has 3 aromatic carbocycles. The van der Waals surface area contributed by atoms with Crippen LogP contribution in [-0.4, -0.2) is 10.8 Å². The van der Waals surface area contributed by atoms with E-state index < -0.39 is 21.7 Å². The highest BCUT2D eigenvalue weighted by atomic mass is 16.6. The number of hydrogen-bond acceptors (Lipinski definition) is 6. The number of benzene rings is 2. The summed E-state index contributed by atoms with van der Waals surface area (Å²) in [6, 6.07) is 11.3. The zero-order chi connectivity index (χ0) is 17.3. The van der Waals surface area contributed by atoms with Crippen molar-refractivity contribution in [2.24, 2.45) is 5.10 Å². The van der Waals surface area contributed by atoms with Crippen LogP contribution in [0, 0.1) is 10.1 Å². The third-order valence-electron chi connectivity index (χ3n) is 3.46. The first-order valence-corrected chi connectivity index (χ1v) is 6.80. The topological polar surface area (TPSA) is 119 Å². The fourth-order valence-corrected chi connectivity index (χ4v) is 2.26. The predicted molar refractivity (Wildman–Crippen MR) is 85.0 cm³/mol. The Kier molecular flexibility index (Phi) is 3.70. The molecule has 8 nitrogen and oxygen atoms in total. The molecule has 0 bridgehead atoms. The van der Waals surface area contributed by atoms with Crippen molar-refractivity contribution in [2.75, 3.05) is 0 Å². The lowest BCUT2D eigenvalue weighted by atomic mass is 10.2. The molecule has 0 heterocycles. The normalized spacial score (nSPS) is 11.6. The molecule has 0 aliphatic carbocycles. The van der Waals surface area contributed by atoms with Gasteiger partial charge in [-0.1, -0.05) is 24.3 Å². The molecule has 0 atom stereocenters. The van der Waals surface area contributed by atoms with Gasteiger partial charge in [-0.25, -0.2) is 5.43 Å². The van der Waals surface area contributed by atoms with E-state index in [9.17, 15) is 24.5 Å². The van der Waals surface area contributed by atoms with Gasteiger partial charge in [-0.05, 0) is 12.1 Å². The number of nitro benzene ring substituents is 1. The molecule has 0 aliphatic heterocycles. The summed E-state index contributed by atoms with van der Waals surface area (Å²) in [6.07, 6.45) is 0. The molecule has 3 aromatic rings. The molecule has 118 valence electrons. The number of rotatable bonds is 3. The Morgan fingerprint density at radius 1 is 0.958 bits per heavy atom. The number of carbonyl (C=O) groups is 1. The van der Waals surface area contributed by atoms with Gasteiger partial charge in [0.1, 0.15) is 5.36 Å². The smallest absolute Gasteiger partial charge is 0.271 e. The maximum absolute atomic E-state index is 12.0. The van der Waals surface area contributed by atoms with Crippen LogP contribution >= 0.6 is 0 Å². The van der Waals surface area contributed by atoms with Gasteiger partial charge in [0.05, 0.1) is 4.92 Å². The Bertz CT molecular complexity index is 1110. The maximum Gasteiger partial charge on any atom is 0.271 e. The summed E-state index contributed by atoms with van der Waals surface area (Å²) in [4.78, 5) is 45.7. The zero-order valence-electron chi connectivity index (χ0n) is 12.1. The van der Waals surface area contributed by atoms with Crippen LogP contribution in [0.15, 0.2) is 63.2 Å². The Labute approximate surface area is 133 Å². The van der Waals surface area contributed by atoms with Crippen LogP contribution in [0.25, 0.3) is 10.8 Å². The Morgan fingerprint density at radius 2 is 1.58 bits per heavy atom. The molecular weight excluding hydrogens is 314 g/mol. The van der Waals surface area contributed by atoms with Crippen LogP contribution in [0.4, 0.5) is 5.69 Å². The predicted octanol–water partition coefficient (Wildman–Crippen LogP) is 0.590. The lowest BCUT2D eigenvalue weighted by Gasteiger charge is -1.98. The summed E-state index contributed by atoms with van der Waals surface area (Å²) in [5.41, 5.74) is 0.708. The first kappa shape index (κ1) is 15.2.